The topological polar surface area (TPSA) is 147 Å². The van der Waals surface area contributed by atoms with Crippen LogP contribution in [0.4, 0.5) is 0 Å². The molecule has 1 rings (SSSR count). The molecule has 0 aliphatic carbocycles. The second-order valence-electron chi connectivity index (χ2n) is 4.24. The number of rotatable bonds is 6. The molecular formula is C13H20N2O6. The fraction of sp³-hybridized carbons (Fsp3) is 0.462. The third-order valence-corrected chi connectivity index (χ3v) is 2.73. The van der Waals surface area contributed by atoms with Gasteiger partial charge in [0.2, 0.25) is 12.1 Å². The molecule has 21 heavy (non-hydrogen) atoms. The van der Waals surface area contributed by atoms with Crippen molar-refractivity contribution in [2.45, 2.75) is 31.5 Å². The fourth-order valence-electron chi connectivity index (χ4n) is 1.46. The Bertz CT molecular complexity index is 440. The Morgan fingerprint density at radius 2 is 1.90 bits per heavy atom. The minimum absolute atomic E-state index is 0.000463. The van der Waals surface area contributed by atoms with Crippen molar-refractivity contribution in [3.05, 3.63) is 46.0 Å². The molecule has 118 valence electrons. The first-order valence-corrected chi connectivity index (χ1v) is 6.30. The Hall–Kier alpha value is -2.03. The summed E-state index contributed by atoms with van der Waals surface area (Å²) < 4.78 is 0. The van der Waals surface area contributed by atoms with Crippen molar-refractivity contribution in [3.8, 4) is 0 Å². The van der Waals surface area contributed by atoms with E-state index >= 15 is 0 Å². The normalized spacial score (nSPS) is 14.3. The first-order valence-electron chi connectivity index (χ1n) is 6.30. The van der Waals surface area contributed by atoms with Gasteiger partial charge in [-0.25, -0.2) is 4.79 Å². The van der Waals surface area contributed by atoms with Gasteiger partial charge in [-0.3, -0.25) is 10.1 Å². The number of carbonyl (C=O) groups is 1. The molecule has 0 spiro atoms. The van der Waals surface area contributed by atoms with Gasteiger partial charge in [-0.2, -0.15) is 0 Å². The molecule has 0 aliphatic rings. The zero-order chi connectivity index (χ0) is 16.4. The summed E-state index contributed by atoms with van der Waals surface area (Å²) in [4.78, 5) is 19.3. The number of carboxylic acids is 1. The molecule has 3 atom stereocenters. The molecular weight excluding hydrogens is 280 g/mol. The van der Waals surface area contributed by atoms with Crippen molar-refractivity contribution in [2.24, 2.45) is 5.73 Å². The van der Waals surface area contributed by atoms with E-state index in [9.17, 15) is 14.9 Å². The second kappa shape index (κ2) is 9.81. The van der Waals surface area contributed by atoms with Crippen molar-refractivity contribution >= 4 is 5.97 Å². The first kappa shape index (κ1) is 19.0. The molecule has 8 heteroatoms. The van der Waals surface area contributed by atoms with Crippen molar-refractivity contribution in [2.75, 3.05) is 6.61 Å². The average Bonchev–Trinajstić information content (AvgIpc) is 2.48. The van der Waals surface area contributed by atoms with Crippen LogP contribution in [-0.2, 0) is 4.79 Å². The molecule has 0 radical (unpaired) electrons. The SMILES string of the molecule is CC[C@@H]([C@H](O)C(=O)O)[N+](=O)[O-].N[C@H](CO)c1ccccc1. The van der Waals surface area contributed by atoms with Gasteiger partial charge in [-0.05, 0) is 5.56 Å². The highest BCUT2D eigenvalue weighted by Gasteiger charge is 2.33. The minimum Gasteiger partial charge on any atom is -0.479 e. The van der Waals surface area contributed by atoms with Crippen LogP contribution in [0.25, 0.3) is 0 Å². The van der Waals surface area contributed by atoms with E-state index in [2.05, 4.69) is 0 Å². The van der Waals surface area contributed by atoms with E-state index in [0.717, 1.165) is 5.56 Å². The lowest BCUT2D eigenvalue weighted by molar-refractivity contribution is -0.531. The predicted octanol–water partition coefficient (Wildman–Crippen LogP) is 0.166. The number of aliphatic hydroxyl groups is 2. The molecule has 0 amide bonds. The van der Waals surface area contributed by atoms with E-state index in [1.165, 1.54) is 6.92 Å². The van der Waals surface area contributed by atoms with E-state index in [1.54, 1.807) is 0 Å². The van der Waals surface area contributed by atoms with Gasteiger partial charge in [0.05, 0.1) is 12.6 Å². The zero-order valence-corrected chi connectivity index (χ0v) is 11.6. The van der Waals surface area contributed by atoms with Gasteiger partial charge in [-0.15, -0.1) is 0 Å². The van der Waals surface area contributed by atoms with E-state index < -0.39 is 23.0 Å². The van der Waals surface area contributed by atoms with Gasteiger partial charge in [0.15, 0.2) is 0 Å². The second-order valence-corrected chi connectivity index (χ2v) is 4.24. The molecule has 1 aromatic rings. The summed E-state index contributed by atoms with van der Waals surface area (Å²) in [5.41, 5.74) is 6.52. The highest BCUT2D eigenvalue weighted by Crippen LogP contribution is 2.07. The summed E-state index contributed by atoms with van der Waals surface area (Å²) in [6.45, 7) is 1.45. The summed E-state index contributed by atoms with van der Waals surface area (Å²) in [7, 11) is 0. The quantitative estimate of drug-likeness (QED) is 0.432. The zero-order valence-electron chi connectivity index (χ0n) is 11.6. The number of hydrogen-bond donors (Lipinski definition) is 4. The van der Waals surface area contributed by atoms with Crippen LogP contribution in [0.1, 0.15) is 24.9 Å². The largest absolute Gasteiger partial charge is 0.479 e. The smallest absolute Gasteiger partial charge is 0.339 e. The Balaban J connectivity index is 0.000000382. The fourth-order valence-corrected chi connectivity index (χ4v) is 1.46. The Labute approximate surface area is 122 Å². The van der Waals surface area contributed by atoms with Crippen LogP contribution in [0.2, 0.25) is 0 Å². The van der Waals surface area contributed by atoms with Crippen molar-refractivity contribution < 1.29 is 25.0 Å². The highest BCUT2D eigenvalue weighted by atomic mass is 16.6. The van der Waals surface area contributed by atoms with Gasteiger partial charge in [0, 0.05) is 11.3 Å². The Morgan fingerprint density at radius 3 is 2.19 bits per heavy atom. The monoisotopic (exact) mass is 300 g/mol. The molecule has 8 nitrogen and oxygen atoms in total. The molecule has 5 N–H and O–H groups in total. The van der Waals surface area contributed by atoms with Crippen LogP contribution < -0.4 is 5.73 Å². The first-order chi connectivity index (χ1) is 9.84. The summed E-state index contributed by atoms with van der Waals surface area (Å²) in [6, 6.07) is 7.90. The van der Waals surface area contributed by atoms with Crippen LogP contribution >= 0.6 is 0 Å². The summed E-state index contributed by atoms with van der Waals surface area (Å²) in [6.07, 6.45) is -1.91. The number of aliphatic hydroxyl groups excluding tert-OH is 2. The summed E-state index contributed by atoms with van der Waals surface area (Å²) >= 11 is 0. The molecule has 0 heterocycles. The lowest BCUT2D eigenvalue weighted by Crippen LogP contribution is -2.38. The maximum atomic E-state index is 10.1. The lowest BCUT2D eigenvalue weighted by atomic mass is 10.1. The van der Waals surface area contributed by atoms with Crippen LogP contribution in [0.5, 0.6) is 0 Å². The van der Waals surface area contributed by atoms with Gasteiger partial charge in [0.1, 0.15) is 0 Å². The summed E-state index contributed by atoms with van der Waals surface area (Å²) in [5, 5.41) is 35.6. The number of carboxylic acid groups (broad SMARTS) is 1. The van der Waals surface area contributed by atoms with Crippen molar-refractivity contribution in [1.29, 1.82) is 0 Å². The predicted molar refractivity (Wildman–Crippen MR) is 75.2 cm³/mol. The van der Waals surface area contributed by atoms with Crippen LogP contribution in [0, 0.1) is 10.1 Å². The van der Waals surface area contributed by atoms with Crippen molar-refractivity contribution in [3.63, 3.8) is 0 Å². The molecule has 0 aromatic heterocycles. The number of aliphatic carboxylic acids is 1. The van der Waals surface area contributed by atoms with Crippen molar-refractivity contribution in [1.82, 2.24) is 0 Å². The van der Waals surface area contributed by atoms with E-state index in [4.69, 9.17) is 21.1 Å². The molecule has 0 unspecified atom stereocenters. The van der Waals surface area contributed by atoms with Gasteiger partial charge >= 0.3 is 5.97 Å². The highest BCUT2D eigenvalue weighted by molar-refractivity contribution is 5.72. The molecule has 1 aromatic carbocycles. The molecule has 0 saturated carbocycles. The van der Waals surface area contributed by atoms with Crippen LogP contribution in [0.15, 0.2) is 30.3 Å². The molecule has 0 aliphatic heterocycles. The minimum atomic E-state index is -1.91. The van der Waals surface area contributed by atoms with E-state index in [1.807, 2.05) is 30.3 Å². The van der Waals surface area contributed by atoms with Gasteiger partial charge < -0.3 is 21.1 Å². The van der Waals surface area contributed by atoms with E-state index in [-0.39, 0.29) is 19.1 Å². The van der Waals surface area contributed by atoms with E-state index in [0.29, 0.717) is 0 Å². The lowest BCUT2D eigenvalue weighted by Gasteiger charge is -2.08. The van der Waals surface area contributed by atoms with Gasteiger partial charge in [-0.1, -0.05) is 37.3 Å². The number of benzene rings is 1. The molecule has 0 bridgehead atoms. The Morgan fingerprint density at radius 1 is 1.38 bits per heavy atom. The number of hydrogen-bond acceptors (Lipinski definition) is 6. The van der Waals surface area contributed by atoms with Crippen LogP contribution in [0.3, 0.4) is 0 Å². The maximum Gasteiger partial charge on any atom is 0.339 e. The molecule has 0 saturated heterocycles. The third-order valence-electron chi connectivity index (χ3n) is 2.73. The standard InChI is InChI=1S/C8H11NO.C5H9NO5/c9-8(6-10)7-4-2-1-3-5-7;1-2-3(6(10)11)4(7)5(8)9/h1-5,8,10H,6,9H2;3-4,7H,2H2,1H3,(H,8,9)/t8-;3-,4-/m10/s1. The Kier molecular flexibility index (Phi) is 8.86. The average molecular weight is 300 g/mol. The van der Waals surface area contributed by atoms with Gasteiger partial charge in [0.25, 0.3) is 0 Å². The maximum absolute atomic E-state index is 10.1. The number of nitrogens with zero attached hydrogens (tertiary/aromatic N) is 1. The molecule has 0 fully saturated rings. The van der Waals surface area contributed by atoms with Crippen LogP contribution in [-0.4, -0.2) is 45.0 Å². The number of nitrogens with two attached hydrogens (primary N) is 1. The number of nitro groups is 1. The summed E-state index contributed by atoms with van der Waals surface area (Å²) in [5.74, 6) is -1.56. The third kappa shape index (κ3) is 6.80.